The third-order valence-electron chi connectivity index (χ3n) is 2.89. The Labute approximate surface area is 127 Å². The van der Waals surface area contributed by atoms with Crippen molar-refractivity contribution in [2.75, 3.05) is 12.4 Å². The number of anilines is 2. The summed E-state index contributed by atoms with van der Waals surface area (Å²) in [4.78, 5) is 0. The Hall–Kier alpha value is -1.89. The maximum atomic E-state index is 9.16. The second-order valence-electron chi connectivity index (χ2n) is 4.20. The monoisotopic (exact) mass is 306 g/mol. The van der Waals surface area contributed by atoms with E-state index >= 15 is 0 Å². The highest BCUT2D eigenvalue weighted by atomic mass is 35.5. The number of nitriles is 1. The first-order chi connectivity index (χ1) is 9.56. The number of halogens is 2. The van der Waals surface area contributed by atoms with Gasteiger partial charge in [-0.15, -0.1) is 0 Å². The second-order valence-corrected chi connectivity index (χ2v) is 4.99. The molecule has 0 amide bonds. The molecule has 2 aromatic rings. The van der Waals surface area contributed by atoms with Gasteiger partial charge in [-0.1, -0.05) is 29.3 Å². The molecule has 0 atom stereocenters. The van der Waals surface area contributed by atoms with Crippen LogP contribution in [0.4, 0.5) is 11.4 Å². The summed E-state index contributed by atoms with van der Waals surface area (Å²) in [6.45, 7) is 1.89. The molecule has 1 N–H and O–H groups in total. The first-order valence-corrected chi connectivity index (χ1v) is 6.62. The van der Waals surface area contributed by atoms with Crippen molar-refractivity contribution in [3.05, 3.63) is 51.5 Å². The quantitative estimate of drug-likeness (QED) is 0.875. The van der Waals surface area contributed by atoms with Gasteiger partial charge in [0.05, 0.1) is 34.1 Å². The van der Waals surface area contributed by atoms with Crippen LogP contribution in [0.3, 0.4) is 0 Å². The minimum atomic E-state index is 0.486. The van der Waals surface area contributed by atoms with Crippen molar-refractivity contribution in [2.24, 2.45) is 0 Å². The molecule has 5 heteroatoms. The summed E-state index contributed by atoms with van der Waals surface area (Å²) in [6.07, 6.45) is 0. The largest absolute Gasteiger partial charge is 0.497 e. The van der Waals surface area contributed by atoms with Crippen LogP contribution < -0.4 is 10.1 Å². The number of hydrogen-bond donors (Lipinski definition) is 1. The predicted octanol–water partition coefficient (Wildman–Crippen LogP) is 4.93. The van der Waals surface area contributed by atoms with Gasteiger partial charge in [-0.05, 0) is 30.7 Å². The number of methoxy groups -OCH3 is 1. The number of ether oxygens (including phenoxy) is 1. The van der Waals surface area contributed by atoms with Crippen LogP contribution in [0, 0.1) is 18.3 Å². The summed E-state index contributed by atoms with van der Waals surface area (Å²) >= 11 is 12.4. The van der Waals surface area contributed by atoms with E-state index in [1.165, 1.54) is 0 Å². The zero-order valence-electron chi connectivity index (χ0n) is 11.0. The number of hydrogen-bond acceptors (Lipinski definition) is 3. The molecule has 2 aromatic carbocycles. The van der Waals surface area contributed by atoms with E-state index in [-0.39, 0.29) is 0 Å². The SMILES string of the molecule is COc1ccc(C#N)c(Nc2c(Cl)ccc(C)c2Cl)c1. The van der Waals surface area contributed by atoms with Crippen LogP contribution in [0.15, 0.2) is 30.3 Å². The van der Waals surface area contributed by atoms with E-state index in [4.69, 9.17) is 33.2 Å². The van der Waals surface area contributed by atoms with E-state index in [0.717, 1.165) is 5.56 Å². The average Bonchev–Trinajstić information content (AvgIpc) is 2.47. The Balaban J connectivity index is 2.50. The maximum Gasteiger partial charge on any atom is 0.121 e. The molecule has 0 aliphatic heterocycles. The van der Waals surface area contributed by atoms with Crippen molar-refractivity contribution in [2.45, 2.75) is 6.92 Å². The summed E-state index contributed by atoms with van der Waals surface area (Å²) < 4.78 is 5.16. The van der Waals surface area contributed by atoms with E-state index in [1.807, 2.05) is 13.0 Å². The summed E-state index contributed by atoms with van der Waals surface area (Å²) in [5, 5.41) is 13.3. The number of nitrogens with zero attached hydrogens (tertiary/aromatic N) is 1. The van der Waals surface area contributed by atoms with Crippen molar-refractivity contribution in [1.29, 1.82) is 5.26 Å². The Kier molecular flexibility index (Phi) is 4.39. The highest BCUT2D eigenvalue weighted by Gasteiger charge is 2.11. The molecular formula is C15H12Cl2N2O. The Morgan fingerprint density at radius 3 is 2.60 bits per heavy atom. The molecule has 0 bridgehead atoms. The van der Waals surface area contributed by atoms with E-state index in [0.29, 0.717) is 32.7 Å². The van der Waals surface area contributed by atoms with Crippen LogP contribution >= 0.6 is 23.2 Å². The topological polar surface area (TPSA) is 45.0 Å². The van der Waals surface area contributed by atoms with Gasteiger partial charge in [0.25, 0.3) is 0 Å². The van der Waals surface area contributed by atoms with Gasteiger partial charge in [0.15, 0.2) is 0 Å². The fraction of sp³-hybridized carbons (Fsp3) is 0.133. The van der Waals surface area contributed by atoms with Crippen molar-refractivity contribution >= 4 is 34.6 Å². The summed E-state index contributed by atoms with van der Waals surface area (Å²) in [5.74, 6) is 0.645. The molecule has 0 saturated carbocycles. The van der Waals surface area contributed by atoms with E-state index in [1.54, 1.807) is 31.4 Å². The van der Waals surface area contributed by atoms with Crippen LogP contribution in [0.5, 0.6) is 5.75 Å². The smallest absolute Gasteiger partial charge is 0.121 e. The van der Waals surface area contributed by atoms with E-state index < -0.39 is 0 Å². The number of nitrogens with one attached hydrogen (secondary N) is 1. The van der Waals surface area contributed by atoms with Crippen LogP contribution in [-0.2, 0) is 0 Å². The van der Waals surface area contributed by atoms with Crippen LogP contribution in [0.2, 0.25) is 10.0 Å². The molecular weight excluding hydrogens is 295 g/mol. The summed E-state index contributed by atoms with van der Waals surface area (Å²) in [6, 6.07) is 10.9. The number of aryl methyl sites for hydroxylation is 1. The van der Waals surface area contributed by atoms with Crippen molar-refractivity contribution in [1.82, 2.24) is 0 Å². The van der Waals surface area contributed by atoms with Gasteiger partial charge in [0, 0.05) is 6.07 Å². The molecule has 0 heterocycles. The van der Waals surface area contributed by atoms with Gasteiger partial charge in [0.2, 0.25) is 0 Å². The third kappa shape index (κ3) is 2.82. The zero-order valence-corrected chi connectivity index (χ0v) is 12.5. The molecule has 0 spiro atoms. The summed E-state index contributed by atoms with van der Waals surface area (Å²) in [7, 11) is 1.57. The van der Waals surface area contributed by atoms with Crippen molar-refractivity contribution < 1.29 is 4.74 Å². The molecule has 0 aliphatic carbocycles. The Bertz CT molecular complexity index is 693. The second kappa shape index (κ2) is 6.04. The highest BCUT2D eigenvalue weighted by molar-refractivity contribution is 6.39. The standard InChI is InChI=1S/C15H12Cl2N2O/c1-9-3-6-12(16)15(14(9)17)19-13-7-11(20-2)5-4-10(13)8-18/h3-7,19H,1-2H3. The first kappa shape index (κ1) is 14.5. The van der Waals surface area contributed by atoms with Gasteiger partial charge in [-0.25, -0.2) is 0 Å². The zero-order chi connectivity index (χ0) is 14.7. The molecule has 0 radical (unpaired) electrons. The molecule has 0 unspecified atom stereocenters. The van der Waals surface area contributed by atoms with Crippen LogP contribution in [0.25, 0.3) is 0 Å². The molecule has 3 nitrogen and oxygen atoms in total. The van der Waals surface area contributed by atoms with Crippen LogP contribution in [0.1, 0.15) is 11.1 Å². The Morgan fingerprint density at radius 1 is 1.20 bits per heavy atom. The molecule has 0 aromatic heterocycles. The normalized spacial score (nSPS) is 9.95. The first-order valence-electron chi connectivity index (χ1n) is 5.86. The lowest BCUT2D eigenvalue weighted by molar-refractivity contribution is 0.415. The minimum absolute atomic E-state index is 0.486. The number of rotatable bonds is 3. The van der Waals surface area contributed by atoms with E-state index in [9.17, 15) is 0 Å². The fourth-order valence-corrected chi connectivity index (χ4v) is 2.22. The molecule has 102 valence electrons. The van der Waals surface area contributed by atoms with Gasteiger partial charge >= 0.3 is 0 Å². The molecule has 0 saturated heterocycles. The number of benzene rings is 2. The average molecular weight is 307 g/mol. The highest BCUT2D eigenvalue weighted by Crippen LogP contribution is 2.36. The van der Waals surface area contributed by atoms with Crippen molar-refractivity contribution in [3.8, 4) is 11.8 Å². The Morgan fingerprint density at radius 2 is 1.95 bits per heavy atom. The van der Waals surface area contributed by atoms with Crippen LogP contribution in [-0.4, -0.2) is 7.11 Å². The maximum absolute atomic E-state index is 9.16. The fourth-order valence-electron chi connectivity index (χ4n) is 1.76. The van der Waals surface area contributed by atoms with E-state index in [2.05, 4.69) is 11.4 Å². The minimum Gasteiger partial charge on any atom is -0.497 e. The van der Waals surface area contributed by atoms with Gasteiger partial charge in [-0.2, -0.15) is 5.26 Å². The summed E-state index contributed by atoms with van der Waals surface area (Å²) in [5.41, 5.74) is 2.57. The third-order valence-corrected chi connectivity index (χ3v) is 3.69. The van der Waals surface area contributed by atoms with Gasteiger partial charge < -0.3 is 10.1 Å². The predicted molar refractivity (Wildman–Crippen MR) is 82.2 cm³/mol. The molecule has 2 rings (SSSR count). The molecule has 0 aliphatic rings. The lowest BCUT2D eigenvalue weighted by atomic mass is 10.1. The molecule has 20 heavy (non-hydrogen) atoms. The van der Waals surface area contributed by atoms with Gasteiger partial charge in [0.1, 0.15) is 11.8 Å². The van der Waals surface area contributed by atoms with Gasteiger partial charge in [-0.3, -0.25) is 0 Å². The van der Waals surface area contributed by atoms with Crippen molar-refractivity contribution in [3.63, 3.8) is 0 Å². The molecule has 0 fully saturated rings. The lowest BCUT2D eigenvalue weighted by Gasteiger charge is -2.14. The lowest BCUT2D eigenvalue weighted by Crippen LogP contribution is -1.97.